The fourth-order valence-electron chi connectivity index (χ4n) is 1.75. The van der Waals surface area contributed by atoms with Crippen LogP contribution in [0.4, 0.5) is 0 Å². The van der Waals surface area contributed by atoms with Crippen molar-refractivity contribution in [1.29, 1.82) is 0 Å². The molecule has 2 atom stereocenters. The molecule has 0 fully saturated rings. The van der Waals surface area contributed by atoms with Gasteiger partial charge in [-0.05, 0) is 12.5 Å². The van der Waals surface area contributed by atoms with Gasteiger partial charge in [-0.1, -0.05) is 19.1 Å². The summed E-state index contributed by atoms with van der Waals surface area (Å²) in [6, 6.07) is 0. The van der Waals surface area contributed by atoms with Gasteiger partial charge in [-0.15, -0.1) is 0 Å². The minimum atomic E-state index is -1.63. The van der Waals surface area contributed by atoms with Crippen molar-refractivity contribution < 1.29 is 14.4 Å². The molecule has 0 aromatic carbocycles. The van der Waals surface area contributed by atoms with Crippen molar-refractivity contribution in [1.82, 2.24) is 0 Å². The lowest BCUT2D eigenvalue weighted by Gasteiger charge is -2.31. The molecule has 0 bridgehead atoms. The van der Waals surface area contributed by atoms with Gasteiger partial charge in [0.2, 0.25) is 5.76 Å². The lowest BCUT2D eigenvalue weighted by Crippen LogP contribution is -2.50. The molecule has 83 valence electrons. The van der Waals surface area contributed by atoms with Crippen molar-refractivity contribution in [3.05, 3.63) is 40.5 Å². The number of nitro groups is 1. The average Bonchev–Trinajstić information content (AvgIpc) is 2.26. The van der Waals surface area contributed by atoms with Crippen molar-refractivity contribution in [2.24, 2.45) is 5.92 Å². The summed E-state index contributed by atoms with van der Waals surface area (Å²) >= 11 is 0. The number of nitrogens with zero attached hydrogens (tertiary/aromatic N) is 1. The first-order valence-electron chi connectivity index (χ1n) is 4.55. The fraction of sp³-hybridized carbons (Fsp3) is 0.500. The molecule has 0 saturated carbocycles. The smallest absolute Gasteiger partial charge is 0.389 e. The fourth-order valence-corrected chi connectivity index (χ4v) is 1.75. The van der Waals surface area contributed by atoms with E-state index in [4.69, 9.17) is 9.47 Å². The molecule has 0 amide bonds. The largest absolute Gasteiger partial charge is 0.492 e. The molecule has 0 saturated heterocycles. The Labute approximate surface area is 88.5 Å². The van der Waals surface area contributed by atoms with E-state index in [0.717, 1.165) is 0 Å². The van der Waals surface area contributed by atoms with Crippen LogP contribution in [0.2, 0.25) is 0 Å². The number of methoxy groups -OCH3 is 2. The Kier molecular flexibility index (Phi) is 3.47. The molecule has 15 heavy (non-hydrogen) atoms. The summed E-state index contributed by atoms with van der Waals surface area (Å²) in [5, 5.41) is 11.2. The highest BCUT2D eigenvalue weighted by Crippen LogP contribution is 2.36. The zero-order chi connectivity index (χ0) is 11.5. The zero-order valence-electron chi connectivity index (χ0n) is 8.97. The van der Waals surface area contributed by atoms with Crippen LogP contribution in [0.25, 0.3) is 0 Å². The Morgan fingerprint density at radius 1 is 1.60 bits per heavy atom. The first-order chi connectivity index (χ1) is 7.13. The molecule has 0 N–H and O–H groups in total. The number of allylic oxidation sites excluding steroid dienone is 2. The van der Waals surface area contributed by atoms with Crippen LogP contribution in [-0.2, 0) is 9.47 Å². The van der Waals surface area contributed by atoms with E-state index in [9.17, 15) is 10.1 Å². The predicted molar refractivity (Wildman–Crippen MR) is 54.4 cm³/mol. The SMILES string of the molecule is C[CH]C1C=CC=C(OC)C1(OC)[N+](=O)[O-]. The Balaban J connectivity index is 3.22. The van der Waals surface area contributed by atoms with Crippen molar-refractivity contribution in [3.8, 4) is 0 Å². The molecule has 1 aliphatic carbocycles. The van der Waals surface area contributed by atoms with Gasteiger partial charge in [0.15, 0.2) is 0 Å². The molecule has 5 heteroatoms. The number of ether oxygens (including phenoxy) is 2. The minimum Gasteiger partial charge on any atom is -0.492 e. The van der Waals surface area contributed by atoms with Gasteiger partial charge in [0.1, 0.15) is 0 Å². The molecule has 0 aromatic rings. The Bertz CT molecular complexity index is 311. The lowest BCUT2D eigenvalue weighted by atomic mass is 9.87. The molecule has 0 aliphatic heterocycles. The molecule has 0 heterocycles. The second kappa shape index (κ2) is 4.44. The summed E-state index contributed by atoms with van der Waals surface area (Å²) in [4.78, 5) is 10.7. The highest BCUT2D eigenvalue weighted by molar-refractivity contribution is 5.26. The Morgan fingerprint density at radius 2 is 2.27 bits per heavy atom. The van der Waals surface area contributed by atoms with Crippen LogP contribution in [-0.4, -0.2) is 24.9 Å². The summed E-state index contributed by atoms with van der Waals surface area (Å²) in [5.74, 6) is -0.224. The quantitative estimate of drug-likeness (QED) is 0.403. The van der Waals surface area contributed by atoms with Crippen LogP contribution in [0.1, 0.15) is 6.92 Å². The topological polar surface area (TPSA) is 61.6 Å². The average molecular weight is 212 g/mol. The summed E-state index contributed by atoms with van der Waals surface area (Å²) in [7, 11) is 2.71. The lowest BCUT2D eigenvalue weighted by molar-refractivity contribution is -0.626. The molecular weight excluding hydrogens is 198 g/mol. The van der Waals surface area contributed by atoms with Crippen molar-refractivity contribution >= 4 is 0 Å². The van der Waals surface area contributed by atoms with E-state index < -0.39 is 16.6 Å². The molecule has 0 aromatic heterocycles. The Hall–Kier alpha value is -1.36. The third kappa shape index (κ3) is 1.63. The molecule has 2 unspecified atom stereocenters. The summed E-state index contributed by atoms with van der Waals surface area (Å²) in [6.07, 6.45) is 6.71. The monoisotopic (exact) mass is 212 g/mol. The van der Waals surface area contributed by atoms with E-state index in [2.05, 4.69) is 0 Å². The van der Waals surface area contributed by atoms with Gasteiger partial charge in [0.25, 0.3) is 0 Å². The zero-order valence-corrected chi connectivity index (χ0v) is 8.97. The van der Waals surface area contributed by atoms with Crippen LogP contribution in [0.3, 0.4) is 0 Å². The molecule has 1 radical (unpaired) electrons. The minimum absolute atomic E-state index is 0.209. The first kappa shape index (κ1) is 11.7. The maximum atomic E-state index is 11.2. The number of rotatable bonds is 4. The van der Waals surface area contributed by atoms with E-state index in [1.54, 1.807) is 31.6 Å². The summed E-state index contributed by atoms with van der Waals surface area (Å²) in [6.45, 7) is 1.75. The van der Waals surface area contributed by atoms with Crippen molar-refractivity contribution in [2.45, 2.75) is 12.6 Å². The van der Waals surface area contributed by atoms with Crippen LogP contribution in [0.5, 0.6) is 0 Å². The highest BCUT2D eigenvalue weighted by atomic mass is 16.7. The molecule has 1 aliphatic rings. The van der Waals surface area contributed by atoms with Gasteiger partial charge in [0, 0.05) is 7.11 Å². The third-order valence-electron chi connectivity index (χ3n) is 2.53. The van der Waals surface area contributed by atoms with Crippen LogP contribution >= 0.6 is 0 Å². The second-order valence-electron chi connectivity index (χ2n) is 3.14. The number of hydrogen-bond donors (Lipinski definition) is 0. The maximum absolute atomic E-state index is 11.2. The normalized spacial score (nSPS) is 29.8. The molecule has 0 spiro atoms. The summed E-state index contributed by atoms with van der Waals surface area (Å²) < 4.78 is 10.1. The van der Waals surface area contributed by atoms with E-state index in [1.165, 1.54) is 14.2 Å². The first-order valence-corrected chi connectivity index (χ1v) is 4.55. The molecule has 5 nitrogen and oxygen atoms in total. The van der Waals surface area contributed by atoms with Crippen molar-refractivity contribution in [2.75, 3.05) is 14.2 Å². The van der Waals surface area contributed by atoms with E-state index in [0.29, 0.717) is 0 Å². The molecule has 1 rings (SSSR count). The highest BCUT2D eigenvalue weighted by Gasteiger charge is 2.55. The van der Waals surface area contributed by atoms with Crippen LogP contribution in [0, 0.1) is 22.5 Å². The van der Waals surface area contributed by atoms with Gasteiger partial charge in [-0.25, -0.2) is 0 Å². The molecular formula is C10H14NO4. The standard InChI is InChI=1S/C10H14NO4/c1-4-8-6-5-7-9(14-2)10(8,15-3)11(12)13/h4-8H,1-3H3. The van der Waals surface area contributed by atoms with Crippen LogP contribution < -0.4 is 0 Å². The van der Waals surface area contributed by atoms with E-state index in [1.807, 2.05) is 0 Å². The maximum Gasteiger partial charge on any atom is 0.389 e. The summed E-state index contributed by atoms with van der Waals surface area (Å²) in [5.41, 5.74) is -1.63. The second-order valence-corrected chi connectivity index (χ2v) is 3.14. The van der Waals surface area contributed by atoms with Crippen LogP contribution in [0.15, 0.2) is 24.0 Å². The van der Waals surface area contributed by atoms with Crippen molar-refractivity contribution in [3.63, 3.8) is 0 Å². The van der Waals surface area contributed by atoms with E-state index >= 15 is 0 Å². The van der Waals surface area contributed by atoms with Gasteiger partial charge in [-0.3, -0.25) is 10.1 Å². The third-order valence-corrected chi connectivity index (χ3v) is 2.53. The van der Waals surface area contributed by atoms with E-state index in [-0.39, 0.29) is 5.76 Å². The van der Waals surface area contributed by atoms with Gasteiger partial charge < -0.3 is 9.47 Å². The van der Waals surface area contributed by atoms with Gasteiger partial charge in [0.05, 0.1) is 18.0 Å². The Morgan fingerprint density at radius 3 is 2.67 bits per heavy atom. The number of hydrogen-bond acceptors (Lipinski definition) is 4. The van der Waals surface area contributed by atoms with Gasteiger partial charge >= 0.3 is 5.72 Å². The van der Waals surface area contributed by atoms with Gasteiger partial charge in [-0.2, -0.15) is 0 Å². The predicted octanol–water partition coefficient (Wildman–Crippen LogP) is 1.55.